The molecule has 0 bridgehead atoms. The molecule has 0 atom stereocenters. The smallest absolute Gasteiger partial charge is 0.157 e. The number of aromatic nitrogens is 4. The van der Waals surface area contributed by atoms with E-state index in [0.29, 0.717) is 0 Å². The third kappa shape index (κ3) is 2.57. The van der Waals surface area contributed by atoms with Gasteiger partial charge in [0.25, 0.3) is 0 Å². The van der Waals surface area contributed by atoms with Crippen molar-refractivity contribution >= 4 is 33.5 Å². The topological polar surface area (TPSA) is 46.8 Å². The molecule has 5 nitrogen and oxygen atoms in total. The summed E-state index contributed by atoms with van der Waals surface area (Å²) < 4.78 is 4.53. The average molecular weight is 294 g/mol. The molecule has 7 heteroatoms. The lowest BCUT2D eigenvalue weighted by Crippen LogP contribution is -2.43. The van der Waals surface area contributed by atoms with Crippen LogP contribution in [0.1, 0.15) is 0 Å². The Morgan fingerprint density at radius 2 is 1.63 bits per heavy atom. The van der Waals surface area contributed by atoms with Gasteiger partial charge in [-0.1, -0.05) is 39.3 Å². The van der Waals surface area contributed by atoms with Gasteiger partial charge in [0.1, 0.15) is 20.1 Å². The molecule has 0 radical (unpaired) electrons. The number of hydrogen-bond acceptors (Lipinski definition) is 4. The summed E-state index contributed by atoms with van der Waals surface area (Å²) in [6.07, 6.45) is 3.58. The minimum absolute atomic E-state index is 0.926. The Morgan fingerprint density at radius 1 is 1.00 bits per heavy atom. The molecule has 104 valence electrons. The van der Waals surface area contributed by atoms with E-state index in [1.807, 2.05) is 6.33 Å². The van der Waals surface area contributed by atoms with Gasteiger partial charge in [0.15, 0.2) is 19.7 Å². The van der Waals surface area contributed by atoms with E-state index in [1.165, 1.54) is 0 Å². The number of hydrogen-bond donors (Lipinski definition) is 0. The van der Waals surface area contributed by atoms with Gasteiger partial charge >= 0.3 is 0 Å². The second-order valence-corrected chi connectivity index (χ2v) is 16.7. The summed E-state index contributed by atoms with van der Waals surface area (Å²) in [7, 11) is -0.830. The summed E-state index contributed by atoms with van der Waals surface area (Å²) in [6, 6.07) is 0. The van der Waals surface area contributed by atoms with E-state index in [2.05, 4.69) is 70.1 Å². The van der Waals surface area contributed by atoms with Crippen LogP contribution in [-0.2, 0) is 0 Å². The fourth-order valence-electron chi connectivity index (χ4n) is 1.88. The van der Waals surface area contributed by atoms with E-state index in [1.54, 1.807) is 6.33 Å². The van der Waals surface area contributed by atoms with Crippen molar-refractivity contribution in [2.24, 2.45) is 0 Å². The van der Waals surface area contributed by atoms with Gasteiger partial charge in [-0.2, -0.15) is 0 Å². The molecule has 2 aromatic heterocycles. The molecule has 0 aliphatic carbocycles. The highest BCUT2D eigenvalue weighted by atomic mass is 28.3. The number of rotatable bonds is 3. The highest BCUT2D eigenvalue weighted by Crippen LogP contribution is 2.25. The minimum atomic E-state index is -1.49. The molecule has 2 heterocycles. The van der Waals surface area contributed by atoms with Crippen LogP contribution < -0.4 is 4.57 Å². The van der Waals surface area contributed by atoms with Gasteiger partial charge in [0.2, 0.25) is 0 Å². The molecule has 0 unspecified atom stereocenters. The zero-order valence-corrected chi connectivity index (χ0v) is 14.9. The standard InChI is InChI=1S/C12H23N5Si2/c1-16(18(2,3)4)11-10-12(14-8-13-11)17(9-15-10)19(5,6)7/h8-9H,1-7H3. The predicted molar refractivity (Wildman–Crippen MR) is 85.8 cm³/mol. The van der Waals surface area contributed by atoms with Gasteiger partial charge < -0.3 is 8.80 Å². The van der Waals surface area contributed by atoms with Gasteiger partial charge in [0.05, 0.1) is 6.33 Å². The van der Waals surface area contributed by atoms with Crippen molar-refractivity contribution in [2.45, 2.75) is 39.3 Å². The summed E-state index contributed by atoms with van der Waals surface area (Å²) >= 11 is 0. The monoisotopic (exact) mass is 293 g/mol. The van der Waals surface area contributed by atoms with E-state index < -0.39 is 16.5 Å². The first-order chi connectivity index (χ1) is 8.62. The van der Waals surface area contributed by atoms with Crippen molar-refractivity contribution in [3.8, 4) is 0 Å². The van der Waals surface area contributed by atoms with Gasteiger partial charge in [-0.05, 0) is 7.05 Å². The maximum atomic E-state index is 4.57. The Labute approximate surface area is 116 Å². The van der Waals surface area contributed by atoms with Crippen LogP contribution in [0.5, 0.6) is 0 Å². The molecule has 19 heavy (non-hydrogen) atoms. The van der Waals surface area contributed by atoms with E-state index in [4.69, 9.17) is 0 Å². The summed E-state index contributed by atoms with van der Waals surface area (Å²) in [5, 5.41) is 0. The van der Waals surface area contributed by atoms with Crippen LogP contribution in [0.2, 0.25) is 39.3 Å². The average Bonchev–Trinajstić information content (AvgIpc) is 2.69. The molecule has 2 rings (SSSR count). The van der Waals surface area contributed by atoms with Crippen molar-refractivity contribution in [1.29, 1.82) is 0 Å². The third-order valence-corrected chi connectivity index (χ3v) is 7.36. The highest BCUT2D eigenvalue weighted by molar-refractivity contribution is 6.79. The van der Waals surface area contributed by atoms with Crippen LogP contribution in [-0.4, -0.2) is 42.7 Å². The molecule has 0 saturated carbocycles. The third-order valence-electron chi connectivity index (χ3n) is 3.36. The molecular weight excluding hydrogens is 270 g/mol. The van der Waals surface area contributed by atoms with Crippen molar-refractivity contribution < 1.29 is 0 Å². The lowest BCUT2D eigenvalue weighted by Gasteiger charge is -2.31. The first-order valence-corrected chi connectivity index (χ1v) is 13.4. The van der Waals surface area contributed by atoms with Gasteiger partial charge in [-0.3, -0.25) is 0 Å². The van der Waals surface area contributed by atoms with Crippen LogP contribution in [0, 0.1) is 0 Å². The Morgan fingerprint density at radius 3 is 2.16 bits per heavy atom. The van der Waals surface area contributed by atoms with Crippen LogP contribution in [0.25, 0.3) is 11.2 Å². The minimum Gasteiger partial charge on any atom is -0.384 e. The molecule has 0 aliphatic rings. The molecule has 0 amide bonds. The lowest BCUT2D eigenvalue weighted by atomic mass is 10.5. The van der Waals surface area contributed by atoms with E-state index >= 15 is 0 Å². The summed E-state index contributed by atoms with van der Waals surface area (Å²) in [5.74, 6) is 0.959. The highest BCUT2D eigenvalue weighted by Gasteiger charge is 2.26. The zero-order valence-electron chi connectivity index (χ0n) is 12.9. The van der Waals surface area contributed by atoms with E-state index in [-0.39, 0.29) is 0 Å². The number of fused-ring (bicyclic) bond motifs is 1. The number of nitrogens with zero attached hydrogens (tertiary/aromatic N) is 5. The summed E-state index contributed by atoms with van der Waals surface area (Å²) in [5.41, 5.74) is 1.89. The fraction of sp³-hybridized carbons (Fsp3) is 0.583. The molecule has 0 aliphatic heterocycles. The van der Waals surface area contributed by atoms with Gasteiger partial charge in [0, 0.05) is 0 Å². The van der Waals surface area contributed by atoms with Crippen LogP contribution >= 0.6 is 0 Å². The molecule has 0 N–H and O–H groups in total. The Bertz CT molecular complexity index is 594. The van der Waals surface area contributed by atoms with E-state index in [9.17, 15) is 0 Å². The first kappa shape index (κ1) is 14.2. The Hall–Kier alpha value is -1.22. The maximum Gasteiger partial charge on any atom is 0.157 e. The second-order valence-electron chi connectivity index (χ2n) is 6.88. The van der Waals surface area contributed by atoms with E-state index in [0.717, 1.165) is 17.0 Å². The normalized spacial score (nSPS) is 13.0. The van der Waals surface area contributed by atoms with Crippen molar-refractivity contribution in [3.05, 3.63) is 12.7 Å². The molecule has 0 spiro atoms. The summed E-state index contributed by atoms with van der Waals surface area (Å²) in [4.78, 5) is 13.5. The second kappa shape index (κ2) is 4.41. The maximum absolute atomic E-state index is 4.57. The molecular formula is C12H23N5Si2. The van der Waals surface area contributed by atoms with Crippen LogP contribution in [0.4, 0.5) is 5.82 Å². The zero-order chi connectivity index (χ0) is 14.4. The molecule has 2 aromatic rings. The first-order valence-electron chi connectivity index (χ1n) is 6.55. The van der Waals surface area contributed by atoms with Crippen molar-refractivity contribution in [3.63, 3.8) is 0 Å². The molecule has 0 aromatic carbocycles. The largest absolute Gasteiger partial charge is 0.384 e. The quantitative estimate of drug-likeness (QED) is 0.816. The van der Waals surface area contributed by atoms with Crippen molar-refractivity contribution in [1.82, 2.24) is 19.2 Å². The van der Waals surface area contributed by atoms with Gasteiger partial charge in [-0.15, -0.1) is 0 Å². The number of anilines is 1. The number of imidazole rings is 1. The fourth-order valence-corrected chi connectivity index (χ4v) is 3.88. The SMILES string of the molecule is CN(c1ncnc2c1ncn2[Si](C)(C)C)[Si](C)(C)C. The van der Waals surface area contributed by atoms with Crippen LogP contribution in [0.3, 0.4) is 0 Å². The molecule has 0 fully saturated rings. The van der Waals surface area contributed by atoms with Crippen LogP contribution in [0.15, 0.2) is 12.7 Å². The Balaban J connectivity index is 2.64. The Kier molecular flexibility index (Phi) is 3.30. The predicted octanol–water partition coefficient (Wildman–Crippen LogP) is 2.78. The summed E-state index contributed by atoms with van der Waals surface area (Å²) in [6.45, 7) is 13.8. The van der Waals surface area contributed by atoms with Gasteiger partial charge in [-0.25, -0.2) is 15.0 Å². The lowest BCUT2D eigenvalue weighted by molar-refractivity contribution is 1.10. The van der Waals surface area contributed by atoms with Crippen molar-refractivity contribution in [2.75, 3.05) is 11.6 Å². The molecule has 0 saturated heterocycles.